The first-order chi connectivity index (χ1) is 15.4. The van der Waals surface area contributed by atoms with Crippen LogP contribution in [0.2, 0.25) is 0 Å². The number of hydrogen-bond acceptors (Lipinski definition) is 5. The van der Waals surface area contributed by atoms with Crippen LogP contribution in [0.25, 0.3) is 5.65 Å². The van der Waals surface area contributed by atoms with Gasteiger partial charge in [0.25, 0.3) is 5.91 Å². The van der Waals surface area contributed by atoms with Crippen molar-refractivity contribution in [2.75, 3.05) is 18.0 Å². The molecule has 166 valence electrons. The van der Waals surface area contributed by atoms with E-state index in [1.165, 1.54) is 18.5 Å². The highest BCUT2D eigenvalue weighted by atomic mass is 79.9. The van der Waals surface area contributed by atoms with E-state index in [2.05, 4.69) is 30.9 Å². The van der Waals surface area contributed by atoms with Gasteiger partial charge in [-0.1, -0.05) is 0 Å². The van der Waals surface area contributed by atoms with E-state index in [0.717, 1.165) is 22.0 Å². The third kappa shape index (κ3) is 2.96. The zero-order chi connectivity index (χ0) is 22.0. The summed E-state index contributed by atoms with van der Waals surface area (Å²) in [5.74, 6) is -0.424. The molecule has 7 nitrogen and oxygen atoms in total. The molecule has 1 aromatic carbocycles. The molecule has 0 saturated carbocycles. The van der Waals surface area contributed by atoms with Crippen molar-refractivity contribution < 1.29 is 18.3 Å². The van der Waals surface area contributed by atoms with Gasteiger partial charge >= 0.3 is 0 Å². The van der Waals surface area contributed by atoms with E-state index < -0.39 is 17.2 Å². The fraction of sp³-hybridized carbons (Fsp3) is 0.409. The molecule has 0 bridgehead atoms. The maximum absolute atomic E-state index is 13.8. The number of amides is 1. The second-order valence-corrected chi connectivity index (χ2v) is 9.45. The summed E-state index contributed by atoms with van der Waals surface area (Å²) in [7, 11) is 0. The van der Waals surface area contributed by atoms with Gasteiger partial charge in [0, 0.05) is 32.0 Å². The molecule has 0 radical (unpaired) electrons. The summed E-state index contributed by atoms with van der Waals surface area (Å²) in [6, 6.07) is 7.04. The van der Waals surface area contributed by atoms with Crippen molar-refractivity contribution in [3.8, 4) is 0 Å². The maximum Gasteiger partial charge on any atom is 0.257 e. The van der Waals surface area contributed by atoms with Crippen LogP contribution in [0.4, 0.5) is 14.6 Å². The number of ether oxygens (including phenoxy) is 1. The predicted molar refractivity (Wildman–Crippen MR) is 115 cm³/mol. The van der Waals surface area contributed by atoms with Gasteiger partial charge in [-0.05, 0) is 58.6 Å². The number of pyridine rings is 1. The Bertz CT molecular complexity index is 1210. The molecule has 3 fully saturated rings. The molecule has 32 heavy (non-hydrogen) atoms. The first kappa shape index (κ1) is 20.0. The summed E-state index contributed by atoms with van der Waals surface area (Å²) in [6.07, 6.45) is 3.53. The molecule has 1 spiro atoms. The van der Waals surface area contributed by atoms with Gasteiger partial charge in [0.15, 0.2) is 11.2 Å². The molecule has 1 amide bonds. The summed E-state index contributed by atoms with van der Waals surface area (Å²) < 4.78 is 36.6. The lowest BCUT2D eigenvalue weighted by Crippen LogP contribution is -2.50. The summed E-state index contributed by atoms with van der Waals surface area (Å²) in [4.78, 5) is 21.7. The molecule has 3 aliphatic heterocycles. The van der Waals surface area contributed by atoms with E-state index >= 15 is 0 Å². The minimum atomic E-state index is -0.886. The normalized spacial score (nSPS) is 24.7. The molecule has 3 saturated heterocycles. The van der Waals surface area contributed by atoms with Crippen LogP contribution < -0.4 is 4.90 Å². The highest BCUT2D eigenvalue weighted by molar-refractivity contribution is 9.10. The number of piperidine rings is 1. The number of anilines is 1. The maximum atomic E-state index is 13.8. The average Bonchev–Trinajstić information content (AvgIpc) is 3.46. The zero-order valence-corrected chi connectivity index (χ0v) is 18.6. The molecule has 0 N–H and O–H groups in total. The van der Waals surface area contributed by atoms with Gasteiger partial charge in [-0.2, -0.15) is 9.61 Å². The number of aromatic nitrogens is 3. The molecule has 2 atom stereocenters. The lowest BCUT2D eigenvalue weighted by molar-refractivity contribution is -0.140. The molecular formula is C22H20BrF2N5O2. The van der Waals surface area contributed by atoms with Crippen molar-refractivity contribution in [2.24, 2.45) is 0 Å². The summed E-state index contributed by atoms with van der Waals surface area (Å²) in [5.41, 5.74) is 0.337. The highest BCUT2D eigenvalue weighted by Crippen LogP contribution is 2.48. The monoisotopic (exact) mass is 503 g/mol. The van der Waals surface area contributed by atoms with Crippen LogP contribution in [0.1, 0.15) is 37.3 Å². The quantitative estimate of drug-likeness (QED) is 0.531. The van der Waals surface area contributed by atoms with Crippen LogP contribution in [0.5, 0.6) is 0 Å². The van der Waals surface area contributed by atoms with E-state index in [0.29, 0.717) is 44.3 Å². The van der Waals surface area contributed by atoms with Crippen molar-refractivity contribution in [1.29, 1.82) is 0 Å². The Balaban J connectivity index is 1.24. The lowest BCUT2D eigenvalue weighted by atomic mass is 9.89. The van der Waals surface area contributed by atoms with Gasteiger partial charge in [0.1, 0.15) is 30.0 Å². The van der Waals surface area contributed by atoms with Gasteiger partial charge in [-0.3, -0.25) is 4.79 Å². The largest absolute Gasteiger partial charge is 0.356 e. The summed E-state index contributed by atoms with van der Waals surface area (Å²) >= 11 is 3.49. The van der Waals surface area contributed by atoms with Gasteiger partial charge in [0.05, 0.1) is 10.5 Å². The number of carbonyl (C=O) groups is 1. The Morgan fingerprint density at radius 3 is 2.59 bits per heavy atom. The average molecular weight is 504 g/mol. The van der Waals surface area contributed by atoms with Gasteiger partial charge in [-0.25, -0.2) is 13.8 Å². The summed E-state index contributed by atoms with van der Waals surface area (Å²) in [5, 5.41) is 4.33. The first-order valence-corrected chi connectivity index (χ1v) is 11.4. The number of fused-ring (bicyclic) bond motifs is 2. The van der Waals surface area contributed by atoms with Crippen LogP contribution in [0, 0.1) is 11.6 Å². The lowest BCUT2D eigenvalue weighted by Gasteiger charge is -2.38. The fourth-order valence-corrected chi connectivity index (χ4v) is 5.74. The molecule has 0 unspecified atom stereocenters. The molecule has 2 aromatic heterocycles. The number of carbonyl (C=O) groups excluding carboxylic acids is 1. The second-order valence-electron chi connectivity index (χ2n) is 8.60. The van der Waals surface area contributed by atoms with E-state index in [1.807, 2.05) is 12.1 Å². The van der Waals surface area contributed by atoms with Gasteiger partial charge in [-0.15, -0.1) is 0 Å². The predicted octanol–water partition coefficient (Wildman–Crippen LogP) is 3.83. The van der Waals surface area contributed by atoms with Crippen LogP contribution in [0.15, 0.2) is 41.1 Å². The molecule has 0 aliphatic carbocycles. The Hall–Kier alpha value is -2.59. The van der Waals surface area contributed by atoms with Crippen LogP contribution in [0.3, 0.4) is 0 Å². The topological polar surface area (TPSA) is 63.0 Å². The van der Waals surface area contributed by atoms with Gasteiger partial charge in [0.2, 0.25) is 0 Å². The smallest absolute Gasteiger partial charge is 0.257 e. The SMILES string of the molecule is O=C1N2[C@@H](CC[C@H]2c2cc(F)cc(F)c2)OC12CCN(c1ccc(Br)c3ncnn13)CC2. The Morgan fingerprint density at radius 2 is 1.84 bits per heavy atom. The first-order valence-electron chi connectivity index (χ1n) is 10.6. The molecular weight excluding hydrogens is 484 g/mol. The third-order valence-corrected chi connectivity index (χ3v) is 7.46. The van der Waals surface area contributed by atoms with Crippen molar-refractivity contribution in [1.82, 2.24) is 19.5 Å². The van der Waals surface area contributed by atoms with E-state index in [4.69, 9.17) is 4.74 Å². The van der Waals surface area contributed by atoms with Crippen molar-refractivity contribution in [3.05, 3.63) is 58.3 Å². The van der Waals surface area contributed by atoms with Crippen LogP contribution in [-0.4, -0.2) is 50.3 Å². The van der Waals surface area contributed by atoms with Crippen molar-refractivity contribution in [3.63, 3.8) is 0 Å². The fourth-order valence-electron chi connectivity index (χ4n) is 5.34. The molecule has 3 aliphatic rings. The van der Waals surface area contributed by atoms with Gasteiger partial charge < -0.3 is 14.5 Å². The number of rotatable bonds is 2. The van der Waals surface area contributed by atoms with Crippen LogP contribution >= 0.6 is 15.9 Å². The molecule has 3 aromatic rings. The number of benzene rings is 1. The zero-order valence-electron chi connectivity index (χ0n) is 17.0. The second kappa shape index (κ2) is 7.21. The Morgan fingerprint density at radius 1 is 1.09 bits per heavy atom. The molecule has 10 heteroatoms. The van der Waals surface area contributed by atoms with Crippen molar-refractivity contribution in [2.45, 2.75) is 43.6 Å². The minimum Gasteiger partial charge on any atom is -0.356 e. The van der Waals surface area contributed by atoms with E-state index in [-0.39, 0.29) is 18.2 Å². The van der Waals surface area contributed by atoms with Crippen molar-refractivity contribution >= 4 is 33.3 Å². The number of halogens is 3. The molecule has 5 heterocycles. The number of nitrogens with zero attached hydrogens (tertiary/aromatic N) is 5. The third-order valence-electron chi connectivity index (χ3n) is 6.84. The van der Waals surface area contributed by atoms with E-state index in [1.54, 1.807) is 9.42 Å². The van der Waals surface area contributed by atoms with Crippen LogP contribution in [-0.2, 0) is 9.53 Å². The minimum absolute atomic E-state index is 0.0731. The Kier molecular flexibility index (Phi) is 4.52. The highest BCUT2D eigenvalue weighted by Gasteiger charge is 2.58. The van der Waals surface area contributed by atoms with E-state index in [9.17, 15) is 13.6 Å². The number of hydrogen-bond donors (Lipinski definition) is 0. The Labute approximate surface area is 191 Å². The summed E-state index contributed by atoms with van der Waals surface area (Å²) in [6.45, 7) is 1.25. The standard InChI is InChI=1S/C22H20BrF2N5O2/c23-16-1-3-18(30-20(16)26-12-27-30)28-7-5-22(6-8-28)21(31)29-17(2-4-19(29)32-22)13-9-14(24)11-15(25)10-13/h1,3,9-12,17,19H,2,4-8H2/t17-,19+/m0/s1. The molecule has 6 rings (SSSR count).